The minimum absolute atomic E-state index is 0.0239. The van der Waals surface area contributed by atoms with Crippen molar-refractivity contribution in [1.82, 2.24) is 4.90 Å². The molecule has 0 atom stereocenters. The lowest BCUT2D eigenvalue weighted by Gasteiger charge is -2.16. The Bertz CT molecular complexity index is 653. The van der Waals surface area contributed by atoms with E-state index in [0.717, 1.165) is 5.69 Å². The Kier molecular flexibility index (Phi) is 7.41. The smallest absolute Gasteiger partial charge is 0.197 e. The molecule has 0 aliphatic heterocycles. The lowest BCUT2D eigenvalue weighted by atomic mass is 10.1. The summed E-state index contributed by atoms with van der Waals surface area (Å²) in [7, 11) is 6.74. The summed E-state index contributed by atoms with van der Waals surface area (Å²) in [6.45, 7) is 0. The van der Waals surface area contributed by atoms with Gasteiger partial charge in [0.1, 0.15) is 17.5 Å². The van der Waals surface area contributed by atoms with Crippen LogP contribution in [-0.2, 0) is 4.79 Å². The number of rotatable bonds is 6. The Morgan fingerprint density at radius 2 is 2.09 bits per heavy atom. The molecule has 0 aromatic heterocycles. The van der Waals surface area contributed by atoms with E-state index in [2.05, 4.69) is 21.2 Å². The normalized spacial score (nSPS) is 11.4. The Morgan fingerprint density at radius 3 is 2.64 bits per heavy atom. The number of anilines is 1. The fourth-order valence-electron chi connectivity index (χ4n) is 1.64. The van der Waals surface area contributed by atoms with Crippen LogP contribution in [0, 0.1) is 17.1 Å². The van der Waals surface area contributed by atoms with Crippen LogP contribution in [0.2, 0.25) is 0 Å². The Labute approximate surface area is 146 Å². The zero-order valence-corrected chi connectivity index (χ0v) is 15.4. The zero-order chi connectivity index (χ0) is 16.7. The molecule has 0 fully saturated rings. The minimum Gasteiger partial charge on any atom is -0.382 e. The second-order valence-corrected chi connectivity index (χ2v) is 6.45. The molecule has 0 heterocycles. The van der Waals surface area contributed by atoms with Gasteiger partial charge in [0, 0.05) is 63.2 Å². The quantitative estimate of drug-likeness (QED) is 0.297. The number of benzene rings is 1. The summed E-state index contributed by atoms with van der Waals surface area (Å²) >= 11 is 2.11. The molecular weight excluding hydrogens is 416 g/mol. The number of allylic oxidation sites excluding steroid dienone is 2. The number of nitriles is 1. The number of hydrogen-bond acceptors (Lipinski definition) is 5. The van der Waals surface area contributed by atoms with Gasteiger partial charge in [0.25, 0.3) is 0 Å². The Hall–Kier alpha value is -1.53. The maximum absolute atomic E-state index is 13.4. The third kappa shape index (κ3) is 5.35. The molecule has 0 bridgehead atoms. The molecule has 7 heteroatoms. The summed E-state index contributed by atoms with van der Waals surface area (Å²) < 4.78 is 15.3. The maximum Gasteiger partial charge on any atom is 0.197 e. The zero-order valence-electron chi connectivity index (χ0n) is 12.4. The third-order valence-corrected chi connectivity index (χ3v) is 4.80. The van der Waals surface area contributed by atoms with Crippen molar-refractivity contribution in [2.24, 2.45) is 0 Å². The third-order valence-electron chi connectivity index (χ3n) is 2.62. The lowest BCUT2D eigenvalue weighted by molar-refractivity contribution is -0.111. The van der Waals surface area contributed by atoms with Crippen molar-refractivity contribution >= 4 is 47.9 Å². The Balaban J connectivity index is 3.11. The minimum atomic E-state index is -0.420. The first-order valence-electron chi connectivity index (χ1n) is 6.21. The molecule has 1 aromatic rings. The molecule has 0 aliphatic carbocycles. The number of ketones is 1. The van der Waals surface area contributed by atoms with Gasteiger partial charge < -0.3 is 9.21 Å². The monoisotopic (exact) mass is 431 g/mol. The highest BCUT2D eigenvalue weighted by Crippen LogP contribution is 2.30. The van der Waals surface area contributed by atoms with Crippen molar-refractivity contribution in [3.8, 4) is 6.07 Å². The molecule has 0 aliphatic rings. The fourth-order valence-corrected chi connectivity index (χ4v) is 2.52. The van der Waals surface area contributed by atoms with Gasteiger partial charge in [-0.25, -0.2) is 4.39 Å². The van der Waals surface area contributed by atoms with Crippen LogP contribution in [0.3, 0.4) is 0 Å². The molecule has 0 spiro atoms. The summed E-state index contributed by atoms with van der Waals surface area (Å²) in [5.41, 5.74) is 1.37. The average molecular weight is 431 g/mol. The van der Waals surface area contributed by atoms with E-state index in [9.17, 15) is 9.18 Å². The van der Waals surface area contributed by atoms with Crippen molar-refractivity contribution in [1.29, 1.82) is 5.26 Å². The number of nitrogens with zero attached hydrogens (tertiary/aromatic N) is 3. The van der Waals surface area contributed by atoms with Crippen LogP contribution in [-0.4, -0.2) is 31.8 Å². The van der Waals surface area contributed by atoms with Crippen molar-refractivity contribution in [3.63, 3.8) is 0 Å². The van der Waals surface area contributed by atoms with Gasteiger partial charge in [-0.2, -0.15) is 5.26 Å². The first-order chi connectivity index (χ1) is 10.4. The topological polar surface area (TPSA) is 47.3 Å². The first kappa shape index (κ1) is 18.5. The number of carbonyl (C=O) groups is 1. The van der Waals surface area contributed by atoms with E-state index >= 15 is 0 Å². The van der Waals surface area contributed by atoms with E-state index in [0.29, 0.717) is 5.56 Å². The lowest BCUT2D eigenvalue weighted by Crippen LogP contribution is -2.07. The highest BCUT2D eigenvalue weighted by Gasteiger charge is 2.09. The molecule has 0 radical (unpaired) electrons. The number of halogens is 2. The van der Waals surface area contributed by atoms with Gasteiger partial charge in [0.15, 0.2) is 5.78 Å². The summed E-state index contributed by atoms with van der Waals surface area (Å²) in [5.74, 6) is -0.803. The van der Waals surface area contributed by atoms with Crippen molar-refractivity contribution < 1.29 is 9.18 Å². The van der Waals surface area contributed by atoms with Gasteiger partial charge >= 0.3 is 0 Å². The van der Waals surface area contributed by atoms with Crippen molar-refractivity contribution in [3.05, 3.63) is 47.4 Å². The predicted molar refractivity (Wildman–Crippen MR) is 97.8 cm³/mol. The second-order valence-electron chi connectivity index (χ2n) is 4.59. The first-order valence-corrected chi connectivity index (χ1v) is 9.53. The van der Waals surface area contributed by atoms with E-state index in [1.54, 1.807) is 25.1 Å². The fraction of sp³-hybridized carbons (Fsp3) is 0.200. The van der Waals surface area contributed by atoms with Crippen LogP contribution in [0.5, 0.6) is 0 Å². The molecule has 0 saturated heterocycles. The van der Waals surface area contributed by atoms with E-state index in [-0.39, 0.29) is 11.4 Å². The van der Waals surface area contributed by atoms with Crippen LogP contribution < -0.4 is 4.31 Å². The molecular formula is C15H15FIN3OS. The van der Waals surface area contributed by atoms with Crippen molar-refractivity contribution in [2.45, 2.75) is 0 Å². The summed E-state index contributed by atoms with van der Waals surface area (Å²) in [4.78, 5) is 13.6. The van der Waals surface area contributed by atoms with Gasteiger partial charge in [-0.05, 0) is 30.4 Å². The van der Waals surface area contributed by atoms with Gasteiger partial charge in [0.05, 0.1) is 5.69 Å². The maximum atomic E-state index is 13.4. The molecule has 22 heavy (non-hydrogen) atoms. The highest BCUT2D eigenvalue weighted by atomic mass is 127. The number of hydrogen-bond donors (Lipinski definition) is 0. The van der Waals surface area contributed by atoms with Crippen molar-refractivity contribution in [2.75, 3.05) is 25.4 Å². The van der Waals surface area contributed by atoms with E-state index in [1.807, 2.05) is 17.4 Å². The summed E-state index contributed by atoms with van der Waals surface area (Å²) in [6, 6.07) is 6.22. The molecule has 0 N–H and O–H groups in total. The Morgan fingerprint density at radius 1 is 1.41 bits per heavy atom. The van der Waals surface area contributed by atoms with Crippen LogP contribution in [0.1, 0.15) is 5.56 Å². The van der Waals surface area contributed by atoms with Crippen LogP contribution in [0.15, 0.2) is 36.0 Å². The standard InChI is InChI=1S/C15H15FIN3OS/c1-19(2)10-12(9-18)15(21)7-4-11-8-13(16)5-6-14(11)20(3)22-17/h4-8,10H,1-3H3/b7-4+,12-10+. The summed E-state index contributed by atoms with van der Waals surface area (Å²) in [6.07, 6.45) is 4.25. The van der Waals surface area contributed by atoms with Crippen LogP contribution >= 0.6 is 30.3 Å². The van der Waals surface area contributed by atoms with Gasteiger partial charge in [0.2, 0.25) is 0 Å². The highest BCUT2D eigenvalue weighted by molar-refractivity contribution is 14.2. The molecule has 0 saturated carbocycles. The van der Waals surface area contributed by atoms with E-state index in [4.69, 9.17) is 5.26 Å². The largest absolute Gasteiger partial charge is 0.382 e. The second kappa shape index (κ2) is 8.80. The van der Waals surface area contributed by atoms with Crippen LogP contribution in [0.25, 0.3) is 6.08 Å². The molecule has 1 rings (SSSR count). The predicted octanol–water partition coefficient (Wildman–Crippen LogP) is 3.81. The molecule has 116 valence electrons. The molecule has 0 amide bonds. The SMILES string of the molecule is CN(C)/C=C(\C#N)C(=O)/C=C/c1cc(F)ccc1N(C)SI. The van der Waals surface area contributed by atoms with Gasteiger partial charge in [-0.1, -0.05) is 0 Å². The number of carbonyl (C=O) groups excluding carboxylic acids is 1. The van der Waals surface area contributed by atoms with Gasteiger partial charge in [-0.3, -0.25) is 4.79 Å². The molecule has 1 aromatic carbocycles. The molecule has 0 unspecified atom stereocenters. The van der Waals surface area contributed by atoms with E-state index < -0.39 is 5.78 Å². The summed E-state index contributed by atoms with van der Waals surface area (Å²) in [5, 5.41) is 9.00. The van der Waals surface area contributed by atoms with E-state index in [1.165, 1.54) is 39.6 Å². The van der Waals surface area contributed by atoms with Crippen LogP contribution in [0.4, 0.5) is 10.1 Å². The molecule has 4 nitrogen and oxygen atoms in total. The average Bonchev–Trinajstić information content (AvgIpc) is 2.49. The van der Waals surface area contributed by atoms with Gasteiger partial charge in [-0.15, -0.1) is 0 Å².